The van der Waals surface area contributed by atoms with E-state index in [9.17, 15) is 9.59 Å². The van der Waals surface area contributed by atoms with E-state index < -0.39 is 5.79 Å². The molecule has 12 atom stereocenters. The molecule has 6 heteroatoms. The van der Waals surface area contributed by atoms with Crippen molar-refractivity contribution < 1.29 is 28.5 Å². The van der Waals surface area contributed by atoms with Crippen LogP contribution < -0.4 is 0 Å². The van der Waals surface area contributed by atoms with Crippen LogP contribution in [-0.4, -0.2) is 42.6 Å². The van der Waals surface area contributed by atoms with E-state index in [0.717, 1.165) is 58.0 Å². The molecule has 0 aromatic carbocycles. The zero-order chi connectivity index (χ0) is 26.3. The Morgan fingerprint density at radius 2 is 1.73 bits per heavy atom. The highest BCUT2D eigenvalue weighted by Gasteiger charge is 2.71. The summed E-state index contributed by atoms with van der Waals surface area (Å²) >= 11 is 0. The van der Waals surface area contributed by atoms with Gasteiger partial charge in [0, 0.05) is 37.5 Å². The molecule has 2 saturated heterocycles. The van der Waals surface area contributed by atoms with Crippen molar-refractivity contribution in [1.82, 2.24) is 0 Å². The molecule has 3 saturated carbocycles. The van der Waals surface area contributed by atoms with Crippen LogP contribution in [0.2, 0.25) is 0 Å². The van der Waals surface area contributed by atoms with Gasteiger partial charge in [-0.3, -0.25) is 9.59 Å². The summed E-state index contributed by atoms with van der Waals surface area (Å²) in [7, 11) is 0. The monoisotopic (exact) mass is 514 g/mol. The Morgan fingerprint density at radius 3 is 2.41 bits per heavy atom. The van der Waals surface area contributed by atoms with Crippen LogP contribution in [0.1, 0.15) is 92.9 Å². The number of allylic oxidation sites excluding steroid dienone is 1. The van der Waals surface area contributed by atoms with Crippen molar-refractivity contribution in [2.24, 2.45) is 46.3 Å². The molecule has 0 aromatic rings. The molecular weight excluding hydrogens is 468 g/mol. The van der Waals surface area contributed by atoms with Crippen molar-refractivity contribution in [2.45, 2.75) is 117 Å². The summed E-state index contributed by atoms with van der Waals surface area (Å²) in [5, 5.41) is 0. The highest BCUT2D eigenvalue weighted by Crippen LogP contribution is 2.70. The number of fused-ring (bicyclic) bond motifs is 7. The number of ether oxygens (including phenoxy) is 4. The van der Waals surface area contributed by atoms with E-state index in [-0.39, 0.29) is 47.0 Å². The second kappa shape index (κ2) is 8.81. The molecule has 2 aliphatic heterocycles. The average Bonchev–Trinajstić information content (AvgIpc) is 3.27. The molecule has 37 heavy (non-hydrogen) atoms. The fourth-order valence-electron chi connectivity index (χ4n) is 10.1. The first-order chi connectivity index (χ1) is 17.5. The predicted molar refractivity (Wildman–Crippen MR) is 138 cm³/mol. The first-order valence-electron chi connectivity index (χ1n) is 14.9. The maximum atomic E-state index is 12.5. The van der Waals surface area contributed by atoms with Crippen LogP contribution >= 0.6 is 0 Å². The van der Waals surface area contributed by atoms with Gasteiger partial charge < -0.3 is 18.9 Å². The first kappa shape index (κ1) is 25.9. The SMILES string of the molecule is CC(=O)O[C@@H]1CC[C@]2(C)C3=C[C@H](OC(C)=O)[C@@]4(C)[C@H]5[C@H](C[C@@H]4[C@@H]3CC[C@H]2C1)O[C@]1(CC[C@H](C)CO1)[C@H]5C. The van der Waals surface area contributed by atoms with E-state index in [2.05, 4.69) is 33.8 Å². The van der Waals surface area contributed by atoms with Crippen molar-refractivity contribution in [3.63, 3.8) is 0 Å². The van der Waals surface area contributed by atoms with Crippen LogP contribution in [0.15, 0.2) is 11.6 Å². The summed E-state index contributed by atoms with van der Waals surface area (Å²) in [6, 6.07) is 0. The predicted octanol–water partition coefficient (Wildman–Crippen LogP) is 5.83. The van der Waals surface area contributed by atoms with Crippen LogP contribution in [0.4, 0.5) is 0 Å². The Balaban J connectivity index is 1.34. The Labute approximate surface area is 222 Å². The number of rotatable bonds is 2. The number of esters is 2. The maximum Gasteiger partial charge on any atom is 0.303 e. The summed E-state index contributed by atoms with van der Waals surface area (Å²) in [6.45, 7) is 13.2. The van der Waals surface area contributed by atoms with Gasteiger partial charge in [-0.2, -0.15) is 0 Å². The summed E-state index contributed by atoms with van der Waals surface area (Å²) in [5.74, 6) is 1.69. The van der Waals surface area contributed by atoms with Crippen LogP contribution in [0.25, 0.3) is 0 Å². The molecule has 0 N–H and O–H groups in total. The number of hydrogen-bond acceptors (Lipinski definition) is 6. The maximum absolute atomic E-state index is 12.5. The third-order valence-corrected chi connectivity index (χ3v) is 12.0. The quantitative estimate of drug-likeness (QED) is 0.341. The minimum Gasteiger partial charge on any atom is -0.463 e. The number of hydrogen-bond donors (Lipinski definition) is 0. The van der Waals surface area contributed by atoms with E-state index in [0.29, 0.717) is 29.6 Å². The van der Waals surface area contributed by atoms with Gasteiger partial charge >= 0.3 is 11.9 Å². The van der Waals surface area contributed by atoms with Crippen LogP contribution in [0.3, 0.4) is 0 Å². The Morgan fingerprint density at radius 1 is 0.973 bits per heavy atom. The molecule has 6 aliphatic rings. The van der Waals surface area contributed by atoms with Crippen molar-refractivity contribution in [1.29, 1.82) is 0 Å². The third kappa shape index (κ3) is 3.78. The summed E-state index contributed by atoms with van der Waals surface area (Å²) in [5.41, 5.74) is 1.40. The fraction of sp³-hybridized carbons (Fsp3) is 0.871. The molecule has 0 aromatic heterocycles. The Bertz CT molecular complexity index is 980. The van der Waals surface area contributed by atoms with Crippen LogP contribution in [-0.2, 0) is 28.5 Å². The van der Waals surface area contributed by atoms with Crippen molar-refractivity contribution in [2.75, 3.05) is 6.61 Å². The standard InChI is InChI=1S/C31H46O6/c1-17-9-12-31(34-16-17)18(2)28-26(37-31)14-25-23-8-7-21-13-22(35-19(3)32)10-11-29(21,5)24(23)15-27(30(25,28)6)36-20(4)33/h15,17-18,21-23,25-28H,7-14,16H2,1-6H3/t17-,18-,21-,22+,23+,25+,26-,27-,28+,29-,30-,31+/m0/s1. The smallest absolute Gasteiger partial charge is 0.303 e. The third-order valence-electron chi connectivity index (χ3n) is 12.0. The lowest BCUT2D eigenvalue weighted by atomic mass is 9.47. The lowest BCUT2D eigenvalue weighted by molar-refractivity contribution is -0.272. The van der Waals surface area contributed by atoms with Gasteiger partial charge in [0.05, 0.1) is 12.7 Å². The Hall–Kier alpha value is -1.40. The molecule has 6 rings (SSSR count). The first-order valence-corrected chi connectivity index (χ1v) is 14.9. The highest BCUT2D eigenvalue weighted by molar-refractivity contribution is 5.67. The lowest BCUT2D eigenvalue weighted by Crippen LogP contribution is -2.55. The molecule has 1 spiro atoms. The topological polar surface area (TPSA) is 71.1 Å². The van der Waals surface area contributed by atoms with Gasteiger partial charge in [0.25, 0.3) is 0 Å². The van der Waals surface area contributed by atoms with Gasteiger partial charge in [0.15, 0.2) is 5.79 Å². The molecule has 4 aliphatic carbocycles. The lowest BCUT2D eigenvalue weighted by Gasteiger charge is -2.58. The van der Waals surface area contributed by atoms with E-state index in [4.69, 9.17) is 18.9 Å². The van der Waals surface area contributed by atoms with Crippen molar-refractivity contribution in [3.05, 3.63) is 11.6 Å². The zero-order valence-corrected chi connectivity index (χ0v) is 23.6. The molecule has 2 heterocycles. The van der Waals surface area contributed by atoms with Gasteiger partial charge in [0.2, 0.25) is 0 Å². The van der Waals surface area contributed by atoms with Crippen molar-refractivity contribution >= 4 is 11.9 Å². The molecule has 6 nitrogen and oxygen atoms in total. The zero-order valence-electron chi connectivity index (χ0n) is 23.6. The Kier molecular flexibility index (Phi) is 6.15. The van der Waals surface area contributed by atoms with Crippen molar-refractivity contribution in [3.8, 4) is 0 Å². The molecule has 0 bridgehead atoms. The molecule has 5 fully saturated rings. The second-order valence-corrected chi connectivity index (χ2v) is 13.9. The summed E-state index contributed by atoms with van der Waals surface area (Å²) < 4.78 is 25.3. The van der Waals surface area contributed by atoms with E-state index in [1.54, 1.807) is 6.92 Å². The highest BCUT2D eigenvalue weighted by atomic mass is 16.7. The van der Waals surface area contributed by atoms with Gasteiger partial charge in [-0.25, -0.2) is 0 Å². The molecule has 206 valence electrons. The van der Waals surface area contributed by atoms with E-state index in [1.807, 2.05) is 0 Å². The molecule has 0 amide bonds. The minimum atomic E-state index is -0.487. The normalized spacial score (nSPS) is 52.4. The molecule has 0 unspecified atom stereocenters. The molecular formula is C31H46O6. The summed E-state index contributed by atoms with van der Waals surface area (Å²) in [6.07, 6.45) is 10.6. The van der Waals surface area contributed by atoms with Gasteiger partial charge in [-0.1, -0.05) is 33.3 Å². The number of carbonyl (C=O) groups is 2. The average molecular weight is 515 g/mol. The second-order valence-electron chi connectivity index (χ2n) is 13.9. The van der Waals surface area contributed by atoms with E-state index >= 15 is 0 Å². The van der Waals surface area contributed by atoms with Crippen LogP contribution in [0.5, 0.6) is 0 Å². The molecule has 0 radical (unpaired) electrons. The van der Waals surface area contributed by atoms with E-state index in [1.165, 1.54) is 12.5 Å². The van der Waals surface area contributed by atoms with Gasteiger partial charge in [-0.05, 0) is 80.1 Å². The minimum absolute atomic E-state index is 0.0281. The number of carbonyl (C=O) groups excluding carboxylic acids is 2. The largest absolute Gasteiger partial charge is 0.463 e. The van der Waals surface area contributed by atoms with Gasteiger partial charge in [0.1, 0.15) is 12.2 Å². The summed E-state index contributed by atoms with van der Waals surface area (Å²) in [4.78, 5) is 24.1. The van der Waals surface area contributed by atoms with Gasteiger partial charge in [-0.15, -0.1) is 0 Å². The fourth-order valence-corrected chi connectivity index (χ4v) is 10.1. The van der Waals surface area contributed by atoms with Crippen LogP contribution in [0, 0.1) is 46.3 Å².